The highest BCUT2D eigenvalue weighted by molar-refractivity contribution is 5.34. The van der Waals surface area contributed by atoms with Crippen LogP contribution in [-0.2, 0) is 6.54 Å². The Balaban J connectivity index is 2.18. The lowest BCUT2D eigenvalue weighted by Crippen LogP contribution is -2.21. The van der Waals surface area contributed by atoms with Gasteiger partial charge in [-0.15, -0.1) is 0 Å². The van der Waals surface area contributed by atoms with Gasteiger partial charge < -0.3 is 9.88 Å². The van der Waals surface area contributed by atoms with E-state index in [0.717, 1.165) is 11.8 Å². The molecule has 0 atom stereocenters. The van der Waals surface area contributed by atoms with Gasteiger partial charge in [-0.05, 0) is 12.1 Å². The number of imidazole rings is 1. The average Bonchev–Trinajstić information content (AvgIpc) is 2.75. The molecular formula is C13H15F2N3. The second-order valence-electron chi connectivity index (χ2n) is 4.40. The Labute approximate surface area is 104 Å². The summed E-state index contributed by atoms with van der Waals surface area (Å²) in [6, 6.07) is 3.84. The van der Waals surface area contributed by atoms with E-state index in [-0.39, 0.29) is 0 Å². The molecule has 0 radical (unpaired) electrons. The van der Waals surface area contributed by atoms with E-state index in [2.05, 4.69) is 10.3 Å². The minimum Gasteiger partial charge on any atom is -0.309 e. The Morgan fingerprint density at radius 3 is 2.78 bits per heavy atom. The summed E-state index contributed by atoms with van der Waals surface area (Å²) in [5.41, 5.74) is 1.10. The number of rotatable bonds is 4. The predicted molar refractivity (Wildman–Crippen MR) is 65.5 cm³/mol. The van der Waals surface area contributed by atoms with Crippen molar-refractivity contribution in [2.75, 3.05) is 0 Å². The summed E-state index contributed by atoms with van der Waals surface area (Å²) in [6.45, 7) is 4.70. The topological polar surface area (TPSA) is 29.9 Å². The molecule has 1 aromatic carbocycles. The number of nitrogens with one attached hydrogen (secondary N) is 1. The fourth-order valence-corrected chi connectivity index (χ4v) is 1.59. The Morgan fingerprint density at radius 1 is 1.33 bits per heavy atom. The molecule has 0 spiro atoms. The van der Waals surface area contributed by atoms with Crippen LogP contribution in [0.5, 0.6) is 0 Å². The molecule has 0 unspecified atom stereocenters. The quantitative estimate of drug-likeness (QED) is 0.905. The summed E-state index contributed by atoms with van der Waals surface area (Å²) >= 11 is 0. The summed E-state index contributed by atoms with van der Waals surface area (Å²) in [5.74, 6) is -1.19. The minimum atomic E-state index is -0.601. The SMILES string of the molecule is CC(C)NCc1cn(-c2ccc(F)cc2F)cn1. The van der Waals surface area contributed by atoms with Crippen LogP contribution in [0, 0.1) is 11.6 Å². The number of aromatic nitrogens is 2. The van der Waals surface area contributed by atoms with Crippen LogP contribution in [0.1, 0.15) is 19.5 Å². The maximum Gasteiger partial charge on any atom is 0.150 e. The second-order valence-corrected chi connectivity index (χ2v) is 4.40. The third-order valence-corrected chi connectivity index (χ3v) is 2.52. The number of nitrogens with zero attached hydrogens (tertiary/aromatic N) is 2. The molecule has 0 fully saturated rings. The van der Waals surface area contributed by atoms with Gasteiger partial charge in [-0.2, -0.15) is 0 Å². The molecule has 0 aliphatic rings. The van der Waals surface area contributed by atoms with Crippen molar-refractivity contribution in [2.24, 2.45) is 0 Å². The molecule has 2 rings (SSSR count). The molecule has 2 aromatic rings. The van der Waals surface area contributed by atoms with E-state index in [1.165, 1.54) is 18.5 Å². The van der Waals surface area contributed by atoms with Crippen LogP contribution in [0.4, 0.5) is 8.78 Å². The Hall–Kier alpha value is -1.75. The summed E-state index contributed by atoms with van der Waals surface area (Å²) in [5, 5.41) is 3.22. The van der Waals surface area contributed by atoms with Crippen LogP contribution in [0.2, 0.25) is 0 Å². The normalized spacial score (nSPS) is 11.2. The van der Waals surface area contributed by atoms with Gasteiger partial charge in [0.15, 0.2) is 0 Å². The van der Waals surface area contributed by atoms with Crippen molar-refractivity contribution in [3.05, 3.63) is 48.1 Å². The van der Waals surface area contributed by atoms with E-state index in [1.807, 2.05) is 13.8 Å². The Bertz CT molecular complexity index is 535. The first-order valence-corrected chi connectivity index (χ1v) is 5.78. The third-order valence-electron chi connectivity index (χ3n) is 2.52. The van der Waals surface area contributed by atoms with Crippen LogP contribution in [0.15, 0.2) is 30.7 Å². The molecule has 96 valence electrons. The molecule has 1 N–H and O–H groups in total. The van der Waals surface area contributed by atoms with E-state index < -0.39 is 11.6 Å². The Kier molecular flexibility index (Phi) is 3.72. The van der Waals surface area contributed by atoms with Crippen LogP contribution in [0.25, 0.3) is 5.69 Å². The van der Waals surface area contributed by atoms with Gasteiger partial charge in [-0.1, -0.05) is 13.8 Å². The average molecular weight is 251 g/mol. The number of hydrogen-bond acceptors (Lipinski definition) is 2. The van der Waals surface area contributed by atoms with Gasteiger partial charge in [0, 0.05) is 24.8 Å². The number of hydrogen-bond donors (Lipinski definition) is 1. The monoisotopic (exact) mass is 251 g/mol. The summed E-state index contributed by atoms with van der Waals surface area (Å²) in [7, 11) is 0. The molecule has 0 bridgehead atoms. The van der Waals surface area contributed by atoms with Gasteiger partial charge in [0.05, 0.1) is 17.7 Å². The largest absolute Gasteiger partial charge is 0.309 e. The molecular weight excluding hydrogens is 236 g/mol. The lowest BCUT2D eigenvalue weighted by Gasteiger charge is -2.05. The lowest BCUT2D eigenvalue weighted by atomic mass is 10.3. The van der Waals surface area contributed by atoms with E-state index in [0.29, 0.717) is 18.3 Å². The molecule has 1 heterocycles. The molecule has 0 saturated heterocycles. The first-order chi connectivity index (χ1) is 8.56. The van der Waals surface area contributed by atoms with Gasteiger partial charge in [0.25, 0.3) is 0 Å². The van der Waals surface area contributed by atoms with E-state index in [4.69, 9.17) is 0 Å². The first kappa shape index (κ1) is 12.7. The van der Waals surface area contributed by atoms with Gasteiger partial charge in [-0.3, -0.25) is 0 Å². The first-order valence-electron chi connectivity index (χ1n) is 5.78. The molecule has 0 amide bonds. The smallest absolute Gasteiger partial charge is 0.150 e. The van der Waals surface area contributed by atoms with Crippen molar-refractivity contribution < 1.29 is 8.78 Å². The highest BCUT2D eigenvalue weighted by Crippen LogP contribution is 2.15. The maximum absolute atomic E-state index is 13.6. The molecule has 5 heteroatoms. The summed E-state index contributed by atoms with van der Waals surface area (Å²) in [6.07, 6.45) is 3.25. The van der Waals surface area contributed by atoms with Crippen molar-refractivity contribution in [3.63, 3.8) is 0 Å². The van der Waals surface area contributed by atoms with E-state index in [9.17, 15) is 8.78 Å². The van der Waals surface area contributed by atoms with E-state index >= 15 is 0 Å². The van der Waals surface area contributed by atoms with Crippen molar-refractivity contribution in [2.45, 2.75) is 26.4 Å². The van der Waals surface area contributed by atoms with Gasteiger partial charge in [0.2, 0.25) is 0 Å². The zero-order valence-electron chi connectivity index (χ0n) is 10.3. The minimum absolute atomic E-state index is 0.291. The van der Waals surface area contributed by atoms with Crippen molar-refractivity contribution in [1.29, 1.82) is 0 Å². The molecule has 0 aliphatic heterocycles. The summed E-state index contributed by atoms with van der Waals surface area (Å²) < 4.78 is 27.9. The molecule has 1 aromatic heterocycles. The van der Waals surface area contributed by atoms with Crippen molar-refractivity contribution >= 4 is 0 Å². The number of benzene rings is 1. The van der Waals surface area contributed by atoms with Crippen molar-refractivity contribution in [3.8, 4) is 5.69 Å². The van der Waals surface area contributed by atoms with E-state index in [1.54, 1.807) is 10.8 Å². The van der Waals surface area contributed by atoms with Gasteiger partial charge in [-0.25, -0.2) is 13.8 Å². The molecule has 18 heavy (non-hydrogen) atoms. The molecule has 0 aliphatic carbocycles. The number of halogens is 2. The second kappa shape index (κ2) is 5.27. The zero-order chi connectivity index (χ0) is 13.1. The third kappa shape index (κ3) is 2.92. The maximum atomic E-state index is 13.6. The molecule has 0 saturated carbocycles. The van der Waals surface area contributed by atoms with Crippen LogP contribution < -0.4 is 5.32 Å². The Morgan fingerprint density at radius 2 is 2.11 bits per heavy atom. The van der Waals surface area contributed by atoms with Crippen LogP contribution in [0.3, 0.4) is 0 Å². The van der Waals surface area contributed by atoms with Gasteiger partial charge >= 0.3 is 0 Å². The van der Waals surface area contributed by atoms with Crippen LogP contribution in [-0.4, -0.2) is 15.6 Å². The predicted octanol–water partition coefficient (Wildman–Crippen LogP) is 2.65. The molecule has 3 nitrogen and oxygen atoms in total. The van der Waals surface area contributed by atoms with Gasteiger partial charge in [0.1, 0.15) is 11.6 Å². The standard InChI is InChI=1S/C13H15F2N3/c1-9(2)16-6-11-7-18(8-17-11)13-4-3-10(14)5-12(13)15/h3-5,7-9,16H,6H2,1-2H3. The van der Waals surface area contributed by atoms with Crippen molar-refractivity contribution in [1.82, 2.24) is 14.9 Å². The zero-order valence-corrected chi connectivity index (χ0v) is 10.3. The van der Waals surface area contributed by atoms with Crippen LogP contribution >= 0.6 is 0 Å². The summed E-state index contributed by atoms with van der Waals surface area (Å²) in [4.78, 5) is 4.17. The highest BCUT2D eigenvalue weighted by Gasteiger charge is 2.07. The fraction of sp³-hybridized carbons (Fsp3) is 0.308. The lowest BCUT2D eigenvalue weighted by molar-refractivity contribution is 0.576. The highest BCUT2D eigenvalue weighted by atomic mass is 19.1. The fourth-order valence-electron chi connectivity index (χ4n) is 1.59.